The van der Waals surface area contributed by atoms with Gasteiger partial charge in [-0.05, 0) is 69.5 Å². The van der Waals surface area contributed by atoms with Crippen LogP contribution in [0.1, 0.15) is 37.8 Å². The van der Waals surface area contributed by atoms with Crippen LogP contribution in [0.3, 0.4) is 0 Å². The van der Waals surface area contributed by atoms with Gasteiger partial charge in [-0.3, -0.25) is 19.3 Å². The van der Waals surface area contributed by atoms with Crippen LogP contribution >= 0.6 is 0 Å². The zero-order chi connectivity index (χ0) is 33.1. The normalized spacial score (nSPS) is 21.7. The Balaban J connectivity index is 1.65. The molecule has 3 atom stereocenters. The number of likely N-dealkylation sites (tertiary alicyclic amines) is 1. The zero-order valence-electron chi connectivity index (χ0n) is 26.9. The molecule has 2 unspecified atom stereocenters. The molecule has 2 aliphatic rings. The number of hydrogen-bond acceptors (Lipinski definition) is 8. The third kappa shape index (κ3) is 7.14. The fourth-order valence-corrected chi connectivity index (χ4v) is 6.93. The van der Waals surface area contributed by atoms with Gasteiger partial charge in [0.2, 0.25) is 5.91 Å². The first-order valence-electron chi connectivity index (χ1n) is 15.7. The number of nitrogens with zero attached hydrogens (tertiary/aromatic N) is 4. The summed E-state index contributed by atoms with van der Waals surface area (Å²) in [6.45, 7) is 4.97. The molecule has 3 aromatic carbocycles. The van der Waals surface area contributed by atoms with Crippen LogP contribution in [-0.2, 0) is 4.79 Å². The predicted molar refractivity (Wildman–Crippen MR) is 174 cm³/mol. The van der Waals surface area contributed by atoms with E-state index in [0.717, 1.165) is 13.1 Å². The van der Waals surface area contributed by atoms with Gasteiger partial charge in [0.05, 0.1) is 0 Å². The highest BCUT2D eigenvalue weighted by Crippen LogP contribution is 2.43. The fourth-order valence-electron chi connectivity index (χ4n) is 6.93. The molecule has 3 aromatic rings. The number of carbonyl (C=O) groups is 3. The first-order chi connectivity index (χ1) is 21.9. The highest BCUT2D eigenvalue weighted by Gasteiger charge is 2.48. The molecule has 0 saturated carbocycles. The topological polar surface area (TPSA) is 105 Å². The van der Waals surface area contributed by atoms with Crippen molar-refractivity contribution in [3.63, 3.8) is 0 Å². The molecule has 10 heteroatoms. The quantitative estimate of drug-likeness (QED) is 0.346. The SMILES string of the molecule is Cc1c(F)cccc1C1C(C(=O)c2cccc(O)c2)CN([C@@H](CN(C)C)C(=O)N2CCN(C)CC2)CC1C(=O)c1cccc(O)c1. The molecule has 0 bridgehead atoms. The Hall–Kier alpha value is -4.12. The van der Waals surface area contributed by atoms with Crippen molar-refractivity contribution in [1.29, 1.82) is 0 Å². The highest BCUT2D eigenvalue weighted by atomic mass is 19.1. The lowest BCUT2D eigenvalue weighted by molar-refractivity contribution is -0.140. The van der Waals surface area contributed by atoms with Crippen LogP contribution in [0.25, 0.3) is 0 Å². The first-order valence-corrected chi connectivity index (χ1v) is 15.7. The number of ketones is 2. The van der Waals surface area contributed by atoms with Crippen molar-refractivity contribution in [3.8, 4) is 11.5 Å². The molecule has 46 heavy (non-hydrogen) atoms. The lowest BCUT2D eigenvalue weighted by atomic mass is 9.67. The smallest absolute Gasteiger partial charge is 0.241 e. The molecule has 2 heterocycles. The maximum absolute atomic E-state index is 15.1. The van der Waals surface area contributed by atoms with Gasteiger partial charge in [-0.25, -0.2) is 4.39 Å². The molecule has 0 spiro atoms. The number of likely N-dealkylation sites (N-methyl/N-ethyl adjacent to an activating group) is 2. The second-order valence-electron chi connectivity index (χ2n) is 12.9. The van der Waals surface area contributed by atoms with E-state index in [4.69, 9.17) is 0 Å². The fraction of sp³-hybridized carbons (Fsp3) is 0.417. The zero-order valence-corrected chi connectivity index (χ0v) is 26.9. The Kier molecular flexibility index (Phi) is 10.2. The molecule has 0 aliphatic carbocycles. The monoisotopic (exact) mass is 630 g/mol. The van der Waals surface area contributed by atoms with Gasteiger partial charge in [0.1, 0.15) is 23.4 Å². The van der Waals surface area contributed by atoms with Crippen LogP contribution in [-0.4, -0.2) is 120 Å². The van der Waals surface area contributed by atoms with Crippen LogP contribution in [0.4, 0.5) is 4.39 Å². The standard InChI is InChI=1S/C36H43FN4O5/c1-23-28(12-7-13-31(23)37)33-29(34(44)24-8-5-10-26(42)18-24)20-41(21-30(33)35(45)25-9-6-11-27(43)19-25)32(22-38(2)3)36(46)40-16-14-39(4)15-17-40/h5-13,18-19,29-30,32-33,42-43H,14-17,20-22H2,1-4H3/t29?,30?,32-,33?/m0/s1. The summed E-state index contributed by atoms with van der Waals surface area (Å²) in [7, 11) is 5.79. The molecule has 2 saturated heterocycles. The first kappa shape index (κ1) is 33.2. The van der Waals surface area contributed by atoms with Crippen LogP contribution in [0, 0.1) is 24.6 Å². The molecule has 9 nitrogen and oxygen atoms in total. The number of phenols is 2. The number of amides is 1. The van der Waals surface area contributed by atoms with E-state index < -0.39 is 29.6 Å². The maximum Gasteiger partial charge on any atom is 0.241 e. The number of Topliss-reactive ketones (excluding diaryl/α,β-unsaturated/α-hetero) is 2. The number of carbonyl (C=O) groups excluding carboxylic acids is 3. The molecule has 0 radical (unpaired) electrons. The van der Waals surface area contributed by atoms with E-state index in [1.807, 2.05) is 35.8 Å². The summed E-state index contributed by atoms with van der Waals surface area (Å²) < 4.78 is 15.1. The van der Waals surface area contributed by atoms with E-state index in [0.29, 0.717) is 30.8 Å². The Morgan fingerprint density at radius 3 is 1.87 bits per heavy atom. The lowest BCUT2D eigenvalue weighted by Gasteiger charge is -2.47. The van der Waals surface area contributed by atoms with Crippen LogP contribution in [0.2, 0.25) is 0 Å². The summed E-state index contributed by atoms with van der Waals surface area (Å²) in [4.78, 5) is 51.1. The number of halogens is 1. The minimum atomic E-state index is -0.854. The summed E-state index contributed by atoms with van der Waals surface area (Å²) in [5.41, 5.74) is 1.43. The Labute approximate surface area is 269 Å². The molecule has 2 aliphatic heterocycles. The van der Waals surface area contributed by atoms with Crippen molar-refractivity contribution in [1.82, 2.24) is 19.6 Å². The third-order valence-corrected chi connectivity index (χ3v) is 9.41. The van der Waals surface area contributed by atoms with Crippen molar-refractivity contribution in [2.75, 3.05) is 67.0 Å². The van der Waals surface area contributed by atoms with Gasteiger partial charge in [-0.15, -0.1) is 0 Å². The number of piperidine rings is 1. The molecule has 1 amide bonds. The summed E-state index contributed by atoms with van der Waals surface area (Å²) in [5.74, 6) is -3.70. The average Bonchev–Trinajstić information content (AvgIpc) is 3.03. The van der Waals surface area contributed by atoms with E-state index in [2.05, 4.69) is 4.90 Å². The predicted octanol–water partition coefficient (Wildman–Crippen LogP) is 3.65. The van der Waals surface area contributed by atoms with Gasteiger partial charge in [-0.2, -0.15) is 0 Å². The second kappa shape index (κ2) is 14.1. The summed E-state index contributed by atoms with van der Waals surface area (Å²) in [6.07, 6.45) is 0. The van der Waals surface area contributed by atoms with E-state index in [1.165, 1.54) is 30.3 Å². The molecular weight excluding hydrogens is 587 g/mol. The Morgan fingerprint density at radius 1 is 0.848 bits per heavy atom. The molecular formula is C36H43FN4O5. The number of aromatic hydroxyl groups is 2. The Bertz CT molecular complexity index is 1520. The van der Waals surface area contributed by atoms with Crippen LogP contribution < -0.4 is 0 Å². The minimum absolute atomic E-state index is 0.0608. The second-order valence-corrected chi connectivity index (χ2v) is 12.9. The van der Waals surface area contributed by atoms with Gasteiger partial charge in [0.25, 0.3) is 0 Å². The van der Waals surface area contributed by atoms with E-state index in [1.54, 1.807) is 43.3 Å². The van der Waals surface area contributed by atoms with Crippen molar-refractivity contribution in [2.24, 2.45) is 11.8 Å². The molecule has 0 aromatic heterocycles. The largest absolute Gasteiger partial charge is 0.508 e. The summed E-state index contributed by atoms with van der Waals surface area (Å²) >= 11 is 0. The van der Waals surface area contributed by atoms with Crippen molar-refractivity contribution < 1.29 is 29.0 Å². The number of benzene rings is 3. The van der Waals surface area contributed by atoms with Crippen molar-refractivity contribution in [2.45, 2.75) is 18.9 Å². The van der Waals surface area contributed by atoms with Crippen LogP contribution in [0.15, 0.2) is 66.7 Å². The minimum Gasteiger partial charge on any atom is -0.508 e. The number of piperazine rings is 1. The number of phenolic OH excluding ortho intramolecular Hbond substituents is 2. The summed E-state index contributed by atoms with van der Waals surface area (Å²) in [5, 5.41) is 20.5. The van der Waals surface area contributed by atoms with Gasteiger partial charge in [0.15, 0.2) is 11.6 Å². The van der Waals surface area contributed by atoms with Crippen molar-refractivity contribution in [3.05, 3.63) is 94.8 Å². The number of rotatable bonds is 9. The van der Waals surface area contributed by atoms with Gasteiger partial charge in [-0.1, -0.05) is 36.4 Å². The summed E-state index contributed by atoms with van der Waals surface area (Å²) in [6, 6.07) is 16.2. The maximum atomic E-state index is 15.1. The molecule has 2 N–H and O–H groups in total. The number of hydrogen-bond donors (Lipinski definition) is 2. The molecule has 2 fully saturated rings. The highest BCUT2D eigenvalue weighted by molar-refractivity contribution is 6.02. The van der Waals surface area contributed by atoms with Gasteiger partial charge >= 0.3 is 0 Å². The van der Waals surface area contributed by atoms with Gasteiger partial charge < -0.3 is 24.9 Å². The van der Waals surface area contributed by atoms with Gasteiger partial charge in [0, 0.05) is 74.7 Å². The lowest BCUT2D eigenvalue weighted by Crippen LogP contribution is -2.61. The van der Waals surface area contributed by atoms with E-state index in [9.17, 15) is 24.6 Å². The van der Waals surface area contributed by atoms with Crippen LogP contribution in [0.5, 0.6) is 11.5 Å². The van der Waals surface area contributed by atoms with Crippen molar-refractivity contribution >= 4 is 17.5 Å². The molecule has 5 rings (SSSR count). The average molecular weight is 631 g/mol. The molecule has 244 valence electrons. The van der Waals surface area contributed by atoms with E-state index in [-0.39, 0.29) is 53.2 Å². The van der Waals surface area contributed by atoms with E-state index >= 15 is 4.39 Å². The Morgan fingerprint density at radius 2 is 1.37 bits per heavy atom. The third-order valence-electron chi connectivity index (χ3n) is 9.41.